The highest BCUT2D eigenvalue weighted by atomic mass is 16.5. The summed E-state index contributed by atoms with van der Waals surface area (Å²) in [6.07, 6.45) is 2.93. The maximum atomic E-state index is 10.7. The Labute approximate surface area is 109 Å². The summed E-state index contributed by atoms with van der Waals surface area (Å²) < 4.78 is 5.95. The van der Waals surface area contributed by atoms with Crippen molar-refractivity contribution in [3.05, 3.63) is 35.9 Å². The molecule has 1 fully saturated rings. The van der Waals surface area contributed by atoms with E-state index in [-0.39, 0.29) is 6.10 Å². The van der Waals surface area contributed by atoms with Crippen molar-refractivity contribution in [2.45, 2.75) is 32.8 Å². The fourth-order valence-corrected chi connectivity index (χ4v) is 2.96. The molecule has 1 heterocycles. The van der Waals surface area contributed by atoms with Crippen LogP contribution in [-0.4, -0.2) is 12.9 Å². The van der Waals surface area contributed by atoms with Gasteiger partial charge in [-0.15, -0.1) is 0 Å². The molecule has 0 bridgehead atoms. The zero-order chi connectivity index (χ0) is 13.0. The van der Waals surface area contributed by atoms with Crippen LogP contribution in [0.15, 0.2) is 30.3 Å². The van der Waals surface area contributed by atoms with Gasteiger partial charge in [0.2, 0.25) is 0 Å². The fourth-order valence-electron chi connectivity index (χ4n) is 2.96. The Morgan fingerprint density at radius 2 is 2.11 bits per heavy atom. The van der Waals surface area contributed by atoms with Gasteiger partial charge in [0.15, 0.2) is 0 Å². The number of rotatable bonds is 4. The Kier molecular flexibility index (Phi) is 4.54. The van der Waals surface area contributed by atoms with Crippen molar-refractivity contribution in [2.75, 3.05) is 6.61 Å². The summed E-state index contributed by atoms with van der Waals surface area (Å²) in [6.45, 7) is 5.21. The highest BCUT2D eigenvalue weighted by Crippen LogP contribution is 2.39. The van der Waals surface area contributed by atoms with E-state index in [2.05, 4.69) is 38.1 Å². The van der Waals surface area contributed by atoms with Crippen molar-refractivity contribution in [1.29, 1.82) is 0 Å². The smallest absolute Gasteiger partial charge is 0.120 e. The first kappa shape index (κ1) is 13.3. The quantitative estimate of drug-likeness (QED) is 0.758. The fraction of sp³-hybridized carbons (Fsp3) is 0.562. The molecule has 1 saturated heterocycles. The second kappa shape index (κ2) is 6.14. The van der Waals surface area contributed by atoms with Gasteiger partial charge in [-0.3, -0.25) is 0 Å². The van der Waals surface area contributed by atoms with Crippen LogP contribution < -0.4 is 0 Å². The van der Waals surface area contributed by atoms with Crippen molar-refractivity contribution >= 4 is 6.29 Å². The predicted molar refractivity (Wildman–Crippen MR) is 72.3 cm³/mol. The molecule has 1 aliphatic rings. The van der Waals surface area contributed by atoms with E-state index < -0.39 is 0 Å². The molecule has 1 aliphatic heterocycles. The topological polar surface area (TPSA) is 26.3 Å². The highest BCUT2D eigenvalue weighted by Gasteiger charge is 2.32. The van der Waals surface area contributed by atoms with Crippen molar-refractivity contribution < 1.29 is 9.53 Å². The summed E-state index contributed by atoms with van der Waals surface area (Å²) in [7, 11) is 0. The first-order valence-electron chi connectivity index (χ1n) is 6.82. The predicted octanol–water partition coefficient (Wildman–Crippen LogP) is 3.63. The van der Waals surface area contributed by atoms with Crippen LogP contribution in [0.1, 0.15) is 38.4 Å². The summed E-state index contributed by atoms with van der Waals surface area (Å²) in [6, 6.07) is 10.4. The van der Waals surface area contributed by atoms with Crippen LogP contribution in [0.25, 0.3) is 0 Å². The van der Waals surface area contributed by atoms with Crippen molar-refractivity contribution in [3.63, 3.8) is 0 Å². The zero-order valence-electron chi connectivity index (χ0n) is 11.2. The summed E-state index contributed by atoms with van der Waals surface area (Å²) in [5.74, 6) is 1.57. The third-order valence-electron chi connectivity index (χ3n) is 4.15. The lowest BCUT2D eigenvalue weighted by molar-refractivity contribution is -0.110. The third-order valence-corrected chi connectivity index (χ3v) is 4.15. The highest BCUT2D eigenvalue weighted by molar-refractivity contribution is 5.49. The molecule has 0 unspecified atom stereocenters. The van der Waals surface area contributed by atoms with Gasteiger partial charge in [-0.2, -0.15) is 0 Å². The lowest BCUT2D eigenvalue weighted by Gasteiger charge is -2.37. The number of benzene rings is 1. The average Bonchev–Trinajstić information content (AvgIpc) is 2.40. The summed E-state index contributed by atoms with van der Waals surface area (Å²) in [5, 5.41) is 0. The van der Waals surface area contributed by atoms with Gasteiger partial charge in [0, 0.05) is 6.42 Å². The van der Waals surface area contributed by atoms with Crippen LogP contribution in [-0.2, 0) is 9.53 Å². The molecule has 0 spiro atoms. The standard InChI is InChI=1S/C16H22O2/c1-12(8-9-17)15-10-16(18-11-13(15)2)14-6-4-3-5-7-14/h3-7,9,12-13,15-16H,8,10-11H2,1-2H3/t12-,13+,15-,16+/m0/s1. The number of aldehydes is 1. The number of hydrogen-bond donors (Lipinski definition) is 0. The second-order valence-corrected chi connectivity index (χ2v) is 5.49. The van der Waals surface area contributed by atoms with E-state index in [1.54, 1.807) is 0 Å². The molecule has 4 atom stereocenters. The molecule has 1 aromatic carbocycles. The minimum absolute atomic E-state index is 0.196. The van der Waals surface area contributed by atoms with E-state index in [0.717, 1.165) is 19.3 Å². The molecule has 0 aliphatic carbocycles. The normalized spacial score (nSPS) is 29.8. The number of carbonyl (C=O) groups excluding carboxylic acids is 1. The van der Waals surface area contributed by atoms with Gasteiger partial charge in [-0.25, -0.2) is 0 Å². The summed E-state index contributed by atoms with van der Waals surface area (Å²) in [4.78, 5) is 10.7. The van der Waals surface area contributed by atoms with Gasteiger partial charge in [0.25, 0.3) is 0 Å². The van der Waals surface area contributed by atoms with E-state index in [1.807, 2.05) is 6.07 Å². The van der Waals surface area contributed by atoms with Crippen LogP contribution in [0.2, 0.25) is 0 Å². The molecule has 0 radical (unpaired) electrons. The Morgan fingerprint density at radius 3 is 2.78 bits per heavy atom. The molecular formula is C16H22O2. The van der Waals surface area contributed by atoms with Crippen molar-refractivity contribution in [1.82, 2.24) is 0 Å². The maximum Gasteiger partial charge on any atom is 0.120 e. The zero-order valence-corrected chi connectivity index (χ0v) is 11.2. The largest absolute Gasteiger partial charge is 0.373 e. The molecule has 98 valence electrons. The van der Waals surface area contributed by atoms with E-state index >= 15 is 0 Å². The Hall–Kier alpha value is -1.15. The molecule has 0 amide bonds. The first-order chi connectivity index (χ1) is 8.72. The van der Waals surface area contributed by atoms with E-state index in [4.69, 9.17) is 4.74 Å². The van der Waals surface area contributed by atoms with Gasteiger partial charge >= 0.3 is 0 Å². The van der Waals surface area contributed by atoms with Crippen LogP contribution in [0.3, 0.4) is 0 Å². The molecule has 0 aromatic heterocycles. The summed E-state index contributed by atoms with van der Waals surface area (Å²) >= 11 is 0. The summed E-state index contributed by atoms with van der Waals surface area (Å²) in [5.41, 5.74) is 1.26. The molecule has 2 heteroatoms. The molecule has 0 N–H and O–H groups in total. The molecule has 18 heavy (non-hydrogen) atoms. The van der Waals surface area contributed by atoms with Crippen molar-refractivity contribution in [3.8, 4) is 0 Å². The van der Waals surface area contributed by atoms with Crippen LogP contribution in [0.5, 0.6) is 0 Å². The van der Waals surface area contributed by atoms with Gasteiger partial charge in [-0.05, 0) is 29.7 Å². The SMILES string of the molecule is C[C@@H]1CO[C@@H](c2ccccc2)C[C@H]1[C@@H](C)CC=O. The van der Waals surface area contributed by atoms with Gasteiger partial charge in [-0.1, -0.05) is 44.2 Å². The molecule has 2 nitrogen and oxygen atoms in total. The van der Waals surface area contributed by atoms with Crippen molar-refractivity contribution in [2.24, 2.45) is 17.8 Å². The monoisotopic (exact) mass is 246 g/mol. The lowest BCUT2D eigenvalue weighted by Crippen LogP contribution is -2.32. The van der Waals surface area contributed by atoms with E-state index in [1.165, 1.54) is 5.56 Å². The second-order valence-electron chi connectivity index (χ2n) is 5.49. The Balaban J connectivity index is 2.06. The van der Waals surface area contributed by atoms with Crippen LogP contribution in [0.4, 0.5) is 0 Å². The molecule has 1 aromatic rings. The third kappa shape index (κ3) is 2.99. The number of carbonyl (C=O) groups is 1. The van der Waals surface area contributed by atoms with Gasteiger partial charge < -0.3 is 9.53 Å². The minimum Gasteiger partial charge on any atom is -0.373 e. The van der Waals surface area contributed by atoms with Gasteiger partial charge in [0.1, 0.15) is 6.29 Å². The van der Waals surface area contributed by atoms with Gasteiger partial charge in [0.05, 0.1) is 12.7 Å². The lowest BCUT2D eigenvalue weighted by atomic mass is 9.76. The molecular weight excluding hydrogens is 224 g/mol. The van der Waals surface area contributed by atoms with E-state index in [0.29, 0.717) is 24.2 Å². The average molecular weight is 246 g/mol. The Morgan fingerprint density at radius 1 is 1.39 bits per heavy atom. The molecule has 2 rings (SSSR count). The van der Waals surface area contributed by atoms with Crippen LogP contribution in [0, 0.1) is 17.8 Å². The number of hydrogen-bond acceptors (Lipinski definition) is 2. The van der Waals surface area contributed by atoms with E-state index in [9.17, 15) is 4.79 Å². The van der Waals surface area contributed by atoms with Crippen LogP contribution >= 0.6 is 0 Å². The maximum absolute atomic E-state index is 10.7. The Bertz CT molecular complexity index is 374. The number of ether oxygens (including phenoxy) is 1. The molecule has 0 saturated carbocycles. The first-order valence-corrected chi connectivity index (χ1v) is 6.82. The minimum atomic E-state index is 0.196.